The molecule has 0 spiro atoms. The number of likely N-dealkylation sites (N-methyl/N-ethyl adjacent to an activating group) is 1. The first-order chi connectivity index (χ1) is 6.09. The number of nitrogens with zero attached hydrogens (tertiary/aromatic N) is 1. The summed E-state index contributed by atoms with van der Waals surface area (Å²) < 4.78 is 0. The van der Waals surface area contributed by atoms with Crippen LogP contribution in [-0.4, -0.2) is 37.2 Å². The first-order valence-electron chi connectivity index (χ1n) is 4.27. The zero-order chi connectivity index (χ0) is 9.84. The van der Waals surface area contributed by atoms with E-state index in [0.29, 0.717) is 6.42 Å². The molecule has 0 aromatic heterocycles. The molecule has 0 aliphatic heterocycles. The van der Waals surface area contributed by atoms with Crippen LogP contribution >= 0.6 is 0 Å². The molecular weight excluding hydrogens is 168 g/mol. The fourth-order valence-corrected chi connectivity index (χ4v) is 1.08. The summed E-state index contributed by atoms with van der Waals surface area (Å²) in [7, 11) is 3.41. The minimum atomic E-state index is 0.0141. The molecule has 13 heavy (non-hydrogen) atoms. The number of hydrogen-bond acceptors (Lipinski definition) is 3. The highest BCUT2D eigenvalue weighted by Gasteiger charge is 2.12. The molecule has 4 heteroatoms. The summed E-state index contributed by atoms with van der Waals surface area (Å²) >= 11 is 0. The van der Waals surface area contributed by atoms with Crippen LogP contribution in [0.1, 0.15) is 12.8 Å². The molecule has 0 fully saturated rings. The summed E-state index contributed by atoms with van der Waals surface area (Å²) in [5.74, 6) is 0.153. The molecule has 1 aliphatic rings. The minimum absolute atomic E-state index is 0.0141. The maximum Gasteiger partial charge on any atom is 0.241 e. The van der Waals surface area contributed by atoms with Gasteiger partial charge in [0.1, 0.15) is 0 Å². The molecule has 1 aliphatic carbocycles. The summed E-state index contributed by atoms with van der Waals surface area (Å²) in [6, 6.07) is 0. The Hall–Kier alpha value is -1.32. The Kier molecular flexibility index (Phi) is 3.06. The Bertz CT molecular complexity index is 256. The third kappa shape index (κ3) is 2.89. The highest BCUT2D eigenvalue weighted by molar-refractivity contribution is 5.93. The first kappa shape index (κ1) is 9.77. The fourth-order valence-electron chi connectivity index (χ4n) is 1.08. The molecule has 72 valence electrons. The number of amides is 1. The average molecular weight is 182 g/mol. The lowest BCUT2D eigenvalue weighted by Crippen LogP contribution is -2.32. The van der Waals surface area contributed by atoms with Gasteiger partial charge in [-0.3, -0.25) is 9.59 Å². The van der Waals surface area contributed by atoms with Gasteiger partial charge in [0.2, 0.25) is 5.91 Å². The van der Waals surface area contributed by atoms with Crippen molar-refractivity contribution in [1.82, 2.24) is 10.2 Å². The van der Waals surface area contributed by atoms with Crippen LogP contribution in [0.15, 0.2) is 11.8 Å². The van der Waals surface area contributed by atoms with Gasteiger partial charge < -0.3 is 10.2 Å². The molecule has 1 amide bonds. The molecule has 0 radical (unpaired) electrons. The normalized spacial score (nSPS) is 15.5. The third-order valence-corrected chi connectivity index (χ3v) is 1.94. The molecule has 0 atom stereocenters. The van der Waals surface area contributed by atoms with E-state index < -0.39 is 0 Å². The van der Waals surface area contributed by atoms with Crippen LogP contribution in [0.2, 0.25) is 0 Å². The van der Waals surface area contributed by atoms with Crippen molar-refractivity contribution in [1.29, 1.82) is 0 Å². The average Bonchev–Trinajstić information content (AvgIpc) is 2.47. The second-order valence-corrected chi connectivity index (χ2v) is 3.28. The van der Waals surface area contributed by atoms with E-state index >= 15 is 0 Å². The van der Waals surface area contributed by atoms with E-state index in [2.05, 4.69) is 5.32 Å². The van der Waals surface area contributed by atoms with Gasteiger partial charge in [0.25, 0.3) is 0 Å². The summed E-state index contributed by atoms with van der Waals surface area (Å²) in [5, 5.41) is 2.94. The van der Waals surface area contributed by atoms with E-state index in [9.17, 15) is 9.59 Å². The largest absolute Gasteiger partial charge is 0.379 e. The van der Waals surface area contributed by atoms with Crippen LogP contribution in [0, 0.1) is 0 Å². The van der Waals surface area contributed by atoms with E-state index in [1.54, 1.807) is 20.2 Å². The monoisotopic (exact) mass is 182 g/mol. The van der Waals surface area contributed by atoms with E-state index in [4.69, 9.17) is 0 Å². The zero-order valence-corrected chi connectivity index (χ0v) is 7.96. The summed E-state index contributed by atoms with van der Waals surface area (Å²) in [5.41, 5.74) is 0.875. The molecule has 0 unspecified atom stereocenters. The van der Waals surface area contributed by atoms with Crippen LogP contribution in [0.5, 0.6) is 0 Å². The number of allylic oxidation sites excluding steroid dienone is 2. The van der Waals surface area contributed by atoms with Gasteiger partial charge in [0, 0.05) is 32.3 Å². The molecule has 1 N–H and O–H groups in total. The van der Waals surface area contributed by atoms with Crippen molar-refractivity contribution in [2.75, 3.05) is 20.6 Å². The smallest absolute Gasteiger partial charge is 0.241 e. The molecule has 0 aromatic rings. The van der Waals surface area contributed by atoms with Gasteiger partial charge >= 0.3 is 0 Å². The van der Waals surface area contributed by atoms with Gasteiger partial charge in [-0.05, 0) is 6.42 Å². The molecule has 0 aromatic carbocycles. The maximum atomic E-state index is 11.1. The van der Waals surface area contributed by atoms with Gasteiger partial charge in [-0.2, -0.15) is 0 Å². The molecule has 4 nitrogen and oxygen atoms in total. The van der Waals surface area contributed by atoms with E-state index in [1.165, 1.54) is 4.90 Å². The van der Waals surface area contributed by atoms with Crippen LogP contribution in [0.25, 0.3) is 0 Å². The van der Waals surface area contributed by atoms with Gasteiger partial charge in [-0.15, -0.1) is 0 Å². The Morgan fingerprint density at radius 2 is 2.23 bits per heavy atom. The molecular formula is C9H14N2O2. The van der Waals surface area contributed by atoms with Crippen molar-refractivity contribution in [3.63, 3.8) is 0 Å². The van der Waals surface area contributed by atoms with Crippen molar-refractivity contribution < 1.29 is 9.59 Å². The Morgan fingerprint density at radius 1 is 1.54 bits per heavy atom. The van der Waals surface area contributed by atoms with Crippen LogP contribution in [-0.2, 0) is 9.59 Å². The Morgan fingerprint density at radius 3 is 2.69 bits per heavy atom. The topological polar surface area (TPSA) is 49.4 Å². The van der Waals surface area contributed by atoms with Crippen molar-refractivity contribution >= 4 is 11.7 Å². The first-order valence-corrected chi connectivity index (χ1v) is 4.27. The summed E-state index contributed by atoms with van der Waals surface area (Å²) in [6.07, 6.45) is 2.88. The summed E-state index contributed by atoms with van der Waals surface area (Å²) in [6.45, 7) is 0.270. The summed E-state index contributed by atoms with van der Waals surface area (Å²) in [4.78, 5) is 23.5. The molecule has 0 heterocycles. The fraction of sp³-hybridized carbons (Fsp3) is 0.556. The molecule has 0 saturated carbocycles. The van der Waals surface area contributed by atoms with Crippen LogP contribution in [0.3, 0.4) is 0 Å². The van der Waals surface area contributed by atoms with Gasteiger partial charge in [0.05, 0.1) is 6.54 Å². The quantitative estimate of drug-likeness (QED) is 0.663. The highest BCUT2D eigenvalue weighted by atomic mass is 16.2. The van der Waals surface area contributed by atoms with Crippen molar-refractivity contribution in [3.8, 4) is 0 Å². The third-order valence-electron chi connectivity index (χ3n) is 1.94. The number of nitrogens with one attached hydrogen (secondary N) is 1. The Balaban J connectivity index is 2.31. The predicted molar refractivity (Wildman–Crippen MR) is 49.0 cm³/mol. The van der Waals surface area contributed by atoms with Crippen molar-refractivity contribution in [2.24, 2.45) is 0 Å². The van der Waals surface area contributed by atoms with Gasteiger partial charge in [0.15, 0.2) is 5.78 Å². The predicted octanol–water partition coefficient (Wildman–Crippen LogP) is -0.0890. The van der Waals surface area contributed by atoms with Crippen molar-refractivity contribution in [2.45, 2.75) is 12.8 Å². The lowest BCUT2D eigenvalue weighted by molar-refractivity contribution is -0.127. The number of carbonyl (C=O) groups is 2. The maximum absolute atomic E-state index is 11.1. The standard InChI is InChI=1S/C9H14N2O2/c1-11(2)9(13)6-10-7-3-4-8(12)5-7/h5,10H,3-4,6H2,1-2H3. The second kappa shape index (κ2) is 4.07. The van der Waals surface area contributed by atoms with Gasteiger partial charge in [-0.1, -0.05) is 0 Å². The lowest BCUT2D eigenvalue weighted by atomic mass is 10.3. The minimum Gasteiger partial charge on any atom is -0.379 e. The van der Waals surface area contributed by atoms with E-state index in [1.807, 2.05) is 0 Å². The van der Waals surface area contributed by atoms with E-state index in [-0.39, 0.29) is 18.2 Å². The highest BCUT2D eigenvalue weighted by Crippen LogP contribution is 2.10. The molecule has 0 saturated heterocycles. The van der Waals surface area contributed by atoms with E-state index in [0.717, 1.165) is 12.1 Å². The number of rotatable bonds is 3. The van der Waals surface area contributed by atoms with Gasteiger partial charge in [-0.25, -0.2) is 0 Å². The zero-order valence-electron chi connectivity index (χ0n) is 7.96. The van der Waals surface area contributed by atoms with Crippen LogP contribution < -0.4 is 5.32 Å². The molecule has 1 rings (SSSR count). The number of ketones is 1. The van der Waals surface area contributed by atoms with Crippen LogP contribution in [0.4, 0.5) is 0 Å². The Labute approximate surface area is 77.6 Å². The SMILES string of the molecule is CN(C)C(=O)CNC1=CC(=O)CC1. The van der Waals surface area contributed by atoms with Crippen molar-refractivity contribution in [3.05, 3.63) is 11.8 Å². The second-order valence-electron chi connectivity index (χ2n) is 3.28. The number of hydrogen-bond donors (Lipinski definition) is 1. The molecule has 0 bridgehead atoms. The lowest BCUT2D eigenvalue weighted by Gasteiger charge is -2.11. The number of carbonyl (C=O) groups excluding carboxylic acids is 2.